The lowest BCUT2D eigenvalue weighted by Crippen LogP contribution is -2.47. The number of hydrogen-bond acceptors (Lipinski definition) is 4. The smallest absolute Gasteiger partial charge is 0.154 e. The molecule has 4 aromatic rings. The van der Waals surface area contributed by atoms with E-state index in [1.54, 1.807) is 0 Å². The molecule has 0 saturated carbocycles. The molecule has 1 aliphatic rings. The van der Waals surface area contributed by atoms with Crippen molar-refractivity contribution < 1.29 is 4.39 Å². The Labute approximate surface area is 169 Å². The van der Waals surface area contributed by atoms with E-state index in [0.29, 0.717) is 0 Å². The minimum Gasteiger partial charge on any atom is -0.368 e. The Kier molecular flexibility index (Phi) is 4.39. The van der Waals surface area contributed by atoms with Crippen LogP contribution < -0.4 is 9.80 Å². The third-order valence-corrected chi connectivity index (χ3v) is 5.56. The topological polar surface area (TPSA) is 36.7 Å². The molecule has 1 fully saturated rings. The number of hydrogen-bond donors (Lipinski definition) is 0. The quantitative estimate of drug-likeness (QED) is 0.529. The molecule has 0 aliphatic carbocycles. The Morgan fingerprint density at radius 3 is 2.38 bits per heavy atom. The second kappa shape index (κ2) is 7.20. The van der Waals surface area contributed by atoms with Crippen LogP contribution in [0.5, 0.6) is 0 Å². The van der Waals surface area contributed by atoms with Crippen molar-refractivity contribution in [1.82, 2.24) is 14.6 Å². The molecule has 0 amide bonds. The van der Waals surface area contributed by atoms with E-state index in [1.165, 1.54) is 17.7 Å². The van der Waals surface area contributed by atoms with Crippen LogP contribution >= 0.6 is 0 Å². The van der Waals surface area contributed by atoms with Crippen LogP contribution in [-0.2, 0) is 0 Å². The van der Waals surface area contributed by atoms with E-state index in [-0.39, 0.29) is 5.82 Å². The zero-order chi connectivity index (χ0) is 19.8. The SMILES string of the molecule is Cc1ccccc1-c1cc2c(N3CCN(c4ccc(F)cc4)CC3)nccn2n1. The predicted octanol–water partition coefficient (Wildman–Crippen LogP) is 4.17. The summed E-state index contributed by atoms with van der Waals surface area (Å²) in [7, 11) is 0. The minimum atomic E-state index is -0.201. The molecule has 1 saturated heterocycles. The molecule has 0 radical (unpaired) electrons. The van der Waals surface area contributed by atoms with Crippen molar-refractivity contribution in [3.05, 3.63) is 78.4 Å². The molecule has 0 N–H and O–H groups in total. The molecule has 2 aromatic carbocycles. The standard InChI is InChI=1S/C23H22FN5/c1-17-4-2-3-5-20(17)21-16-22-23(25-10-11-29(22)26-21)28-14-12-27(13-15-28)19-8-6-18(24)7-9-19/h2-11,16H,12-15H2,1H3. The summed E-state index contributed by atoms with van der Waals surface area (Å²) < 4.78 is 15.1. The summed E-state index contributed by atoms with van der Waals surface area (Å²) in [6.07, 6.45) is 3.71. The van der Waals surface area contributed by atoms with Crippen LogP contribution in [0.15, 0.2) is 67.0 Å². The van der Waals surface area contributed by atoms with Gasteiger partial charge in [-0.3, -0.25) is 0 Å². The van der Waals surface area contributed by atoms with Gasteiger partial charge in [0.05, 0.1) is 5.69 Å². The Balaban J connectivity index is 1.41. The summed E-state index contributed by atoms with van der Waals surface area (Å²) in [5, 5.41) is 4.77. The van der Waals surface area contributed by atoms with Crippen LogP contribution in [0, 0.1) is 12.7 Å². The number of nitrogens with zero attached hydrogens (tertiary/aromatic N) is 5. The van der Waals surface area contributed by atoms with E-state index in [4.69, 9.17) is 5.10 Å². The highest BCUT2D eigenvalue weighted by Crippen LogP contribution is 2.28. The Hall–Kier alpha value is -3.41. The van der Waals surface area contributed by atoms with Crippen LogP contribution in [0.4, 0.5) is 15.9 Å². The summed E-state index contributed by atoms with van der Waals surface area (Å²) >= 11 is 0. The molecular weight excluding hydrogens is 365 g/mol. The largest absolute Gasteiger partial charge is 0.368 e. The van der Waals surface area contributed by atoms with Crippen LogP contribution in [0.2, 0.25) is 0 Å². The first-order valence-electron chi connectivity index (χ1n) is 9.85. The Morgan fingerprint density at radius 2 is 1.62 bits per heavy atom. The van der Waals surface area contributed by atoms with Crippen molar-refractivity contribution in [2.45, 2.75) is 6.92 Å². The third kappa shape index (κ3) is 3.31. The van der Waals surface area contributed by atoms with Gasteiger partial charge in [0.15, 0.2) is 5.82 Å². The monoisotopic (exact) mass is 387 g/mol. The summed E-state index contributed by atoms with van der Waals surface area (Å²) in [6.45, 7) is 5.55. The van der Waals surface area contributed by atoms with Crippen molar-refractivity contribution in [1.29, 1.82) is 0 Å². The molecule has 0 atom stereocenters. The fraction of sp³-hybridized carbons (Fsp3) is 0.217. The molecule has 5 rings (SSSR count). The summed E-state index contributed by atoms with van der Waals surface area (Å²) in [5.74, 6) is 0.757. The van der Waals surface area contributed by atoms with Gasteiger partial charge in [0, 0.05) is 49.8 Å². The van der Waals surface area contributed by atoms with Gasteiger partial charge in [-0.15, -0.1) is 0 Å². The van der Waals surface area contributed by atoms with E-state index in [2.05, 4.69) is 39.9 Å². The number of rotatable bonds is 3. The first kappa shape index (κ1) is 17.7. The fourth-order valence-corrected chi connectivity index (χ4v) is 3.97. The van der Waals surface area contributed by atoms with Gasteiger partial charge in [-0.1, -0.05) is 24.3 Å². The van der Waals surface area contributed by atoms with Crippen molar-refractivity contribution in [2.24, 2.45) is 0 Å². The Bertz CT molecular complexity index is 1140. The molecule has 146 valence electrons. The highest BCUT2D eigenvalue weighted by molar-refractivity contribution is 5.76. The zero-order valence-electron chi connectivity index (χ0n) is 16.3. The predicted molar refractivity (Wildman–Crippen MR) is 114 cm³/mol. The van der Waals surface area contributed by atoms with E-state index in [9.17, 15) is 4.39 Å². The third-order valence-electron chi connectivity index (χ3n) is 5.56. The van der Waals surface area contributed by atoms with Gasteiger partial charge in [-0.2, -0.15) is 5.10 Å². The molecule has 29 heavy (non-hydrogen) atoms. The van der Waals surface area contributed by atoms with Crippen LogP contribution in [-0.4, -0.2) is 40.8 Å². The van der Waals surface area contributed by atoms with Crippen LogP contribution in [0.3, 0.4) is 0 Å². The maximum absolute atomic E-state index is 13.2. The molecule has 2 aromatic heterocycles. The van der Waals surface area contributed by atoms with E-state index < -0.39 is 0 Å². The zero-order valence-corrected chi connectivity index (χ0v) is 16.3. The van der Waals surface area contributed by atoms with Gasteiger partial charge >= 0.3 is 0 Å². The van der Waals surface area contributed by atoms with Gasteiger partial charge in [0.2, 0.25) is 0 Å². The lowest BCUT2D eigenvalue weighted by atomic mass is 10.1. The van der Waals surface area contributed by atoms with Crippen molar-refractivity contribution in [3.63, 3.8) is 0 Å². The number of anilines is 2. The molecule has 5 nitrogen and oxygen atoms in total. The van der Waals surface area contributed by atoms with E-state index in [0.717, 1.165) is 54.5 Å². The Morgan fingerprint density at radius 1 is 0.897 bits per heavy atom. The highest BCUT2D eigenvalue weighted by Gasteiger charge is 2.21. The maximum atomic E-state index is 13.2. The first-order valence-corrected chi connectivity index (χ1v) is 9.85. The second-order valence-corrected chi connectivity index (χ2v) is 7.38. The molecule has 1 aliphatic heterocycles. The number of aromatic nitrogens is 3. The summed E-state index contributed by atoms with van der Waals surface area (Å²) in [5.41, 5.74) is 5.38. The second-order valence-electron chi connectivity index (χ2n) is 7.38. The minimum absolute atomic E-state index is 0.201. The lowest BCUT2D eigenvalue weighted by molar-refractivity contribution is 0.624. The van der Waals surface area contributed by atoms with Gasteiger partial charge in [-0.25, -0.2) is 13.9 Å². The van der Waals surface area contributed by atoms with Crippen LogP contribution in [0.1, 0.15) is 5.56 Å². The molecular formula is C23H22FN5. The molecule has 6 heteroatoms. The van der Waals surface area contributed by atoms with Gasteiger partial charge in [-0.05, 0) is 42.8 Å². The number of aryl methyl sites for hydroxylation is 1. The number of piperazine rings is 1. The van der Waals surface area contributed by atoms with Gasteiger partial charge in [0.25, 0.3) is 0 Å². The molecule has 0 bridgehead atoms. The van der Waals surface area contributed by atoms with Gasteiger partial charge < -0.3 is 9.80 Å². The molecule has 3 heterocycles. The van der Waals surface area contributed by atoms with Crippen molar-refractivity contribution in [2.75, 3.05) is 36.0 Å². The fourth-order valence-electron chi connectivity index (χ4n) is 3.97. The van der Waals surface area contributed by atoms with Crippen LogP contribution in [0.25, 0.3) is 16.8 Å². The summed E-state index contributed by atoms with van der Waals surface area (Å²) in [4.78, 5) is 9.25. The number of halogens is 1. The first-order chi connectivity index (χ1) is 14.2. The maximum Gasteiger partial charge on any atom is 0.154 e. The number of fused-ring (bicyclic) bond motifs is 1. The normalized spacial score (nSPS) is 14.6. The average molecular weight is 387 g/mol. The van der Waals surface area contributed by atoms with E-state index >= 15 is 0 Å². The van der Waals surface area contributed by atoms with Crippen molar-refractivity contribution in [3.8, 4) is 11.3 Å². The molecule has 0 spiro atoms. The summed E-state index contributed by atoms with van der Waals surface area (Å²) in [6, 6.07) is 17.1. The highest BCUT2D eigenvalue weighted by atomic mass is 19.1. The number of benzene rings is 2. The molecule has 0 unspecified atom stereocenters. The van der Waals surface area contributed by atoms with Gasteiger partial charge in [0.1, 0.15) is 11.3 Å². The van der Waals surface area contributed by atoms with E-state index in [1.807, 2.05) is 41.2 Å². The average Bonchev–Trinajstić information content (AvgIpc) is 3.19. The van der Waals surface area contributed by atoms with Crippen molar-refractivity contribution >= 4 is 17.0 Å². The lowest BCUT2D eigenvalue weighted by Gasteiger charge is -2.36.